The molecule has 320 valence electrons. The Morgan fingerprint density at radius 2 is 0.983 bits per heavy atom. The van der Waals surface area contributed by atoms with Crippen molar-refractivity contribution in [3.8, 4) is 0 Å². The second-order valence-corrected chi connectivity index (χ2v) is 19.2. The standard InChI is InChI=1S/C18H16BrF3N2O4S.C13H6BrClF3NO3S.C6H12O/c19-13-2-1-10(18(26)23-11-8-14(20)17(22)15(21)9-11)7-16(13)29(27,28)24-5-3-12(25)4-6-24;14-8-2-1-6(3-11(8)23(15,21)22)13(20)19-7-4-9(16)12(18)10(17)5-7;7-6-4-2-1-3-5-6/h1-2,7-9,12,25H,3-6H2,(H,23,26);1-5H,(H,19,20);6-7H,1-5H2. The molecule has 0 atom stereocenters. The lowest BCUT2D eigenvalue weighted by Crippen LogP contribution is -2.40. The van der Waals surface area contributed by atoms with Gasteiger partial charge in [0, 0.05) is 79.5 Å². The summed E-state index contributed by atoms with van der Waals surface area (Å²) < 4.78 is 129. The number of nitrogens with zero attached hydrogens (tertiary/aromatic N) is 1. The number of nitrogens with one attached hydrogen (secondary N) is 2. The topological polar surface area (TPSA) is 170 Å². The molecule has 0 aromatic heterocycles. The zero-order valence-electron chi connectivity index (χ0n) is 30.3. The van der Waals surface area contributed by atoms with Crippen LogP contribution < -0.4 is 10.6 Å². The molecule has 2 amide bonds. The Kier molecular flexibility index (Phi) is 17.0. The van der Waals surface area contributed by atoms with E-state index in [9.17, 15) is 57.9 Å². The summed E-state index contributed by atoms with van der Waals surface area (Å²) in [7, 11) is -2.81. The van der Waals surface area contributed by atoms with Crippen LogP contribution in [-0.4, -0.2) is 68.5 Å². The molecule has 2 aliphatic rings. The molecule has 0 bridgehead atoms. The Morgan fingerprint density at radius 3 is 1.36 bits per heavy atom. The molecule has 2 fully saturated rings. The number of halogens is 9. The molecule has 1 heterocycles. The van der Waals surface area contributed by atoms with Crippen LogP contribution in [0.25, 0.3) is 0 Å². The minimum absolute atomic E-state index is 0.0359. The van der Waals surface area contributed by atoms with Crippen LogP contribution in [0.15, 0.2) is 79.4 Å². The van der Waals surface area contributed by atoms with Gasteiger partial charge in [0.05, 0.1) is 22.0 Å². The van der Waals surface area contributed by atoms with Gasteiger partial charge < -0.3 is 20.8 Å². The van der Waals surface area contributed by atoms with Crippen molar-refractivity contribution in [1.82, 2.24) is 4.31 Å². The number of carbonyl (C=O) groups is 2. The molecular weight excluding hydrogens is 988 g/mol. The Balaban J connectivity index is 0.000000227. The highest BCUT2D eigenvalue weighted by molar-refractivity contribution is 9.10. The summed E-state index contributed by atoms with van der Waals surface area (Å²) in [6.45, 7) is 0.279. The molecule has 1 aliphatic heterocycles. The largest absolute Gasteiger partial charge is 0.393 e. The monoisotopic (exact) mass is 1020 g/mol. The van der Waals surface area contributed by atoms with E-state index >= 15 is 0 Å². The third-order valence-electron chi connectivity index (χ3n) is 8.75. The molecule has 4 aromatic carbocycles. The third kappa shape index (κ3) is 13.2. The lowest BCUT2D eigenvalue weighted by Gasteiger charge is -2.29. The molecule has 22 heteroatoms. The van der Waals surface area contributed by atoms with Crippen molar-refractivity contribution >= 4 is 84.8 Å². The Bertz CT molecular complexity index is 2380. The van der Waals surface area contributed by atoms with E-state index in [-0.39, 0.29) is 60.4 Å². The fourth-order valence-electron chi connectivity index (χ4n) is 5.64. The summed E-state index contributed by atoms with van der Waals surface area (Å²) in [6.07, 6.45) is 5.98. The van der Waals surface area contributed by atoms with Gasteiger partial charge in [0.2, 0.25) is 10.0 Å². The number of benzene rings is 4. The zero-order valence-corrected chi connectivity index (χ0v) is 35.9. The van der Waals surface area contributed by atoms with Gasteiger partial charge >= 0.3 is 0 Å². The molecule has 0 spiro atoms. The van der Waals surface area contributed by atoms with Gasteiger partial charge in [-0.1, -0.05) is 19.3 Å². The molecule has 4 aromatic rings. The number of anilines is 2. The number of hydrogen-bond donors (Lipinski definition) is 4. The minimum atomic E-state index is -4.11. The molecule has 1 saturated heterocycles. The molecule has 1 saturated carbocycles. The zero-order chi connectivity index (χ0) is 43.8. The van der Waals surface area contributed by atoms with E-state index in [1.807, 2.05) is 0 Å². The number of amides is 2. The SMILES string of the molecule is O=C(Nc1cc(F)c(F)c(F)c1)c1ccc(Br)c(S(=O)(=O)Cl)c1.O=C(Nc1cc(F)c(F)c(F)c1)c1ccc(Br)c(S(=O)(=O)N2CCC(O)CC2)c1.OC1CCCCC1. The number of rotatable bonds is 7. The fraction of sp³-hybridized carbons (Fsp3) is 0.297. The van der Waals surface area contributed by atoms with Crippen molar-refractivity contribution in [2.75, 3.05) is 23.7 Å². The minimum Gasteiger partial charge on any atom is -0.393 e. The van der Waals surface area contributed by atoms with E-state index in [1.165, 1.54) is 47.8 Å². The van der Waals surface area contributed by atoms with E-state index < -0.39 is 71.9 Å². The van der Waals surface area contributed by atoms with Gasteiger partial charge in [0.15, 0.2) is 34.9 Å². The van der Waals surface area contributed by atoms with Gasteiger partial charge in [0.1, 0.15) is 0 Å². The van der Waals surface area contributed by atoms with E-state index in [4.69, 9.17) is 15.8 Å². The Morgan fingerprint density at radius 1 is 0.610 bits per heavy atom. The highest BCUT2D eigenvalue weighted by Crippen LogP contribution is 2.30. The van der Waals surface area contributed by atoms with Crippen LogP contribution in [0, 0.1) is 34.9 Å². The van der Waals surface area contributed by atoms with Crippen molar-refractivity contribution in [3.05, 3.63) is 116 Å². The van der Waals surface area contributed by atoms with Crippen molar-refractivity contribution < 1.29 is 63.0 Å². The van der Waals surface area contributed by atoms with Crippen molar-refractivity contribution in [2.24, 2.45) is 0 Å². The molecule has 0 unspecified atom stereocenters. The highest BCUT2D eigenvalue weighted by Gasteiger charge is 2.31. The molecule has 6 rings (SSSR count). The first-order valence-electron chi connectivity index (χ1n) is 17.4. The van der Waals surface area contributed by atoms with Crippen LogP contribution in [-0.2, 0) is 19.1 Å². The van der Waals surface area contributed by atoms with E-state index in [2.05, 4.69) is 42.5 Å². The lowest BCUT2D eigenvalue weighted by atomic mass is 9.98. The van der Waals surface area contributed by atoms with Crippen molar-refractivity contribution in [2.45, 2.75) is 66.9 Å². The van der Waals surface area contributed by atoms with Gasteiger partial charge in [-0.25, -0.2) is 43.2 Å². The number of piperidine rings is 1. The summed E-state index contributed by atoms with van der Waals surface area (Å²) in [5.74, 6) is -10.9. The smallest absolute Gasteiger partial charge is 0.262 e. The molecule has 59 heavy (non-hydrogen) atoms. The normalized spacial score (nSPS) is 15.3. The number of carbonyl (C=O) groups excluding carboxylic acids is 2. The number of sulfonamides is 1. The predicted octanol–water partition coefficient (Wildman–Crippen LogP) is 8.62. The quantitative estimate of drug-likeness (QED) is 0.0811. The van der Waals surface area contributed by atoms with Gasteiger partial charge in [0.25, 0.3) is 20.9 Å². The molecule has 0 radical (unpaired) electrons. The van der Waals surface area contributed by atoms with Crippen molar-refractivity contribution in [3.63, 3.8) is 0 Å². The second-order valence-electron chi connectivity index (χ2n) is 13.1. The average Bonchev–Trinajstić information content (AvgIpc) is 3.16. The number of aliphatic hydroxyl groups excluding tert-OH is 2. The van der Waals surface area contributed by atoms with Gasteiger partial charge in [-0.05, 0) is 93.9 Å². The fourth-order valence-corrected chi connectivity index (χ4v) is 10.2. The first kappa shape index (κ1) is 48.1. The van der Waals surface area contributed by atoms with E-state index in [0.29, 0.717) is 37.1 Å². The van der Waals surface area contributed by atoms with Crippen LogP contribution >= 0.6 is 42.5 Å². The third-order valence-corrected chi connectivity index (χ3v) is 14.0. The van der Waals surface area contributed by atoms with Gasteiger partial charge in [-0.3, -0.25) is 9.59 Å². The van der Waals surface area contributed by atoms with Crippen LogP contribution in [0.4, 0.5) is 37.7 Å². The number of hydrogen-bond acceptors (Lipinski definition) is 8. The van der Waals surface area contributed by atoms with Gasteiger partial charge in [-0.15, -0.1) is 0 Å². The maximum Gasteiger partial charge on any atom is 0.262 e. The van der Waals surface area contributed by atoms with E-state index in [1.54, 1.807) is 0 Å². The van der Waals surface area contributed by atoms with Crippen LogP contribution in [0.1, 0.15) is 65.7 Å². The summed E-state index contributed by atoms with van der Waals surface area (Å²) in [6, 6.07) is 9.77. The maximum absolute atomic E-state index is 13.3. The van der Waals surface area contributed by atoms with E-state index in [0.717, 1.165) is 25.0 Å². The Hall–Kier alpha value is -3.57. The van der Waals surface area contributed by atoms with Crippen LogP contribution in [0.3, 0.4) is 0 Å². The summed E-state index contributed by atoms with van der Waals surface area (Å²) in [5.41, 5.74) is -0.847. The van der Waals surface area contributed by atoms with Crippen LogP contribution in [0.5, 0.6) is 0 Å². The second kappa shape index (κ2) is 20.8. The first-order valence-corrected chi connectivity index (χ1v) is 22.7. The number of aliphatic hydroxyl groups is 2. The van der Waals surface area contributed by atoms with Gasteiger partial charge in [-0.2, -0.15) is 4.31 Å². The summed E-state index contributed by atoms with van der Waals surface area (Å²) >= 11 is 6.13. The molecule has 1 aliphatic carbocycles. The highest BCUT2D eigenvalue weighted by atomic mass is 79.9. The Labute approximate surface area is 356 Å². The average molecular weight is 1020 g/mol. The maximum atomic E-state index is 13.3. The molecule has 4 N–H and O–H groups in total. The molecule has 11 nitrogen and oxygen atoms in total. The summed E-state index contributed by atoms with van der Waals surface area (Å²) in [5, 5.41) is 22.8. The first-order chi connectivity index (χ1) is 27.6. The van der Waals surface area contributed by atoms with Crippen LogP contribution in [0.2, 0.25) is 0 Å². The predicted molar refractivity (Wildman–Crippen MR) is 213 cm³/mol. The lowest BCUT2D eigenvalue weighted by molar-refractivity contribution is 0.101. The molecular formula is C37H34Br2ClF6N3O8S2. The van der Waals surface area contributed by atoms with Crippen molar-refractivity contribution in [1.29, 1.82) is 0 Å². The summed E-state index contributed by atoms with van der Waals surface area (Å²) in [4.78, 5) is 23.9.